The van der Waals surface area contributed by atoms with Crippen LogP contribution in [0.5, 0.6) is 0 Å². The average molecular weight is 349 g/mol. The first-order chi connectivity index (χ1) is 12.1. The standard InChI is InChI=1S/C17H24FN5O2/c18-13-8-19-15(20-9-13)22-6-7-25-12-17(10-22)4-1-5-23(11-17)16(24)21-14-2-3-14/h8-9,14H,1-7,10-12H2,(H,21,24). The predicted octanol–water partition coefficient (Wildman–Crippen LogP) is 1.41. The van der Waals surface area contributed by atoms with Crippen molar-refractivity contribution in [3.8, 4) is 0 Å². The summed E-state index contributed by atoms with van der Waals surface area (Å²) in [6.45, 7) is 4.04. The van der Waals surface area contributed by atoms with Gasteiger partial charge in [-0.2, -0.15) is 0 Å². The van der Waals surface area contributed by atoms with Crippen molar-refractivity contribution in [1.82, 2.24) is 20.2 Å². The minimum atomic E-state index is -0.440. The minimum absolute atomic E-state index is 0.0374. The number of piperidine rings is 1. The molecule has 2 saturated heterocycles. The second-order valence-electron chi connectivity index (χ2n) is 7.42. The van der Waals surface area contributed by atoms with E-state index in [0.717, 1.165) is 32.2 Å². The number of carbonyl (C=O) groups is 1. The molecule has 4 rings (SSSR count). The molecule has 3 fully saturated rings. The Bertz CT molecular complexity index is 624. The number of hydrogen-bond acceptors (Lipinski definition) is 5. The first-order valence-electron chi connectivity index (χ1n) is 8.99. The van der Waals surface area contributed by atoms with Gasteiger partial charge in [-0.25, -0.2) is 19.2 Å². The zero-order chi connectivity index (χ0) is 17.3. The van der Waals surface area contributed by atoms with Gasteiger partial charge in [-0.05, 0) is 25.7 Å². The second-order valence-corrected chi connectivity index (χ2v) is 7.42. The van der Waals surface area contributed by atoms with Crippen LogP contribution in [0.2, 0.25) is 0 Å². The normalized spacial score (nSPS) is 27.2. The van der Waals surface area contributed by atoms with Crippen molar-refractivity contribution < 1.29 is 13.9 Å². The number of rotatable bonds is 2. The van der Waals surface area contributed by atoms with Crippen LogP contribution in [0.25, 0.3) is 0 Å². The van der Waals surface area contributed by atoms with Crippen LogP contribution in [-0.2, 0) is 4.74 Å². The zero-order valence-corrected chi connectivity index (χ0v) is 14.3. The molecule has 1 aromatic rings. The van der Waals surface area contributed by atoms with Crippen LogP contribution in [0.15, 0.2) is 12.4 Å². The molecule has 1 N–H and O–H groups in total. The number of nitrogens with zero attached hydrogens (tertiary/aromatic N) is 4. The topological polar surface area (TPSA) is 70.6 Å². The van der Waals surface area contributed by atoms with Gasteiger partial charge in [-0.1, -0.05) is 0 Å². The fraction of sp³-hybridized carbons (Fsp3) is 0.706. The Morgan fingerprint density at radius 1 is 1.28 bits per heavy atom. The molecule has 1 aliphatic carbocycles. The largest absolute Gasteiger partial charge is 0.379 e. The average Bonchev–Trinajstić information content (AvgIpc) is 3.44. The summed E-state index contributed by atoms with van der Waals surface area (Å²) in [6.07, 6.45) is 6.51. The van der Waals surface area contributed by atoms with Crippen LogP contribution in [0, 0.1) is 11.2 Å². The van der Waals surface area contributed by atoms with Gasteiger partial charge in [0.1, 0.15) is 0 Å². The molecule has 2 amide bonds. The van der Waals surface area contributed by atoms with E-state index < -0.39 is 5.82 Å². The third-order valence-corrected chi connectivity index (χ3v) is 5.18. The van der Waals surface area contributed by atoms with Gasteiger partial charge in [-0.15, -0.1) is 0 Å². The fourth-order valence-corrected chi connectivity index (χ4v) is 3.75. The highest BCUT2D eigenvalue weighted by molar-refractivity contribution is 5.75. The summed E-state index contributed by atoms with van der Waals surface area (Å²) in [5.41, 5.74) is -0.132. The van der Waals surface area contributed by atoms with Gasteiger partial charge in [0.15, 0.2) is 5.82 Å². The molecule has 136 valence electrons. The molecule has 3 aliphatic rings. The van der Waals surface area contributed by atoms with Crippen LogP contribution >= 0.6 is 0 Å². The Balaban J connectivity index is 1.48. The van der Waals surface area contributed by atoms with E-state index in [2.05, 4.69) is 20.2 Å². The lowest BCUT2D eigenvalue weighted by Crippen LogP contribution is -2.54. The van der Waals surface area contributed by atoms with E-state index in [1.165, 1.54) is 12.4 Å². The number of urea groups is 1. The molecule has 2 aliphatic heterocycles. The van der Waals surface area contributed by atoms with Crippen LogP contribution in [0.1, 0.15) is 25.7 Å². The number of halogens is 1. The molecular formula is C17H24FN5O2. The lowest BCUT2D eigenvalue weighted by molar-refractivity contribution is 0.0243. The highest BCUT2D eigenvalue weighted by Gasteiger charge is 2.41. The first kappa shape index (κ1) is 16.5. The molecule has 1 unspecified atom stereocenters. The van der Waals surface area contributed by atoms with E-state index in [1.807, 2.05) is 4.90 Å². The number of likely N-dealkylation sites (tertiary alicyclic amines) is 1. The van der Waals surface area contributed by atoms with Crippen LogP contribution < -0.4 is 10.2 Å². The molecule has 1 aromatic heterocycles. The zero-order valence-electron chi connectivity index (χ0n) is 14.3. The molecule has 8 heteroatoms. The van der Waals surface area contributed by atoms with Crippen molar-refractivity contribution in [2.24, 2.45) is 5.41 Å². The molecule has 0 radical (unpaired) electrons. The van der Waals surface area contributed by atoms with E-state index >= 15 is 0 Å². The molecule has 7 nitrogen and oxygen atoms in total. The van der Waals surface area contributed by atoms with Crippen LogP contribution in [0.4, 0.5) is 15.1 Å². The lowest BCUT2D eigenvalue weighted by Gasteiger charge is -2.43. The molecule has 3 heterocycles. The number of anilines is 1. The van der Waals surface area contributed by atoms with E-state index in [-0.39, 0.29) is 11.4 Å². The van der Waals surface area contributed by atoms with Gasteiger partial charge in [-0.3, -0.25) is 0 Å². The maximum atomic E-state index is 13.1. The van der Waals surface area contributed by atoms with Crippen molar-refractivity contribution in [2.45, 2.75) is 31.7 Å². The molecule has 0 aromatic carbocycles. The summed E-state index contributed by atoms with van der Waals surface area (Å²) in [5.74, 6) is 0.0796. The molecular weight excluding hydrogens is 325 g/mol. The summed E-state index contributed by atoms with van der Waals surface area (Å²) < 4.78 is 19.0. The number of hydrogen-bond donors (Lipinski definition) is 1. The summed E-state index contributed by atoms with van der Waals surface area (Å²) in [6, 6.07) is 0.398. The molecule has 1 saturated carbocycles. The number of amides is 2. The van der Waals surface area contributed by atoms with Crippen molar-refractivity contribution in [3.05, 3.63) is 18.2 Å². The van der Waals surface area contributed by atoms with E-state index in [9.17, 15) is 9.18 Å². The minimum Gasteiger partial charge on any atom is -0.379 e. The Morgan fingerprint density at radius 2 is 2.08 bits per heavy atom. The number of carbonyl (C=O) groups excluding carboxylic acids is 1. The first-order valence-corrected chi connectivity index (χ1v) is 8.99. The Kier molecular flexibility index (Phi) is 4.45. The van der Waals surface area contributed by atoms with Crippen molar-refractivity contribution in [3.63, 3.8) is 0 Å². The third kappa shape index (κ3) is 3.84. The summed E-state index contributed by atoms with van der Waals surface area (Å²) >= 11 is 0. The molecule has 25 heavy (non-hydrogen) atoms. The summed E-state index contributed by atoms with van der Waals surface area (Å²) in [7, 11) is 0. The predicted molar refractivity (Wildman–Crippen MR) is 89.8 cm³/mol. The highest BCUT2D eigenvalue weighted by atomic mass is 19.1. The quantitative estimate of drug-likeness (QED) is 0.874. The van der Waals surface area contributed by atoms with Gasteiger partial charge in [0, 0.05) is 37.6 Å². The van der Waals surface area contributed by atoms with Crippen molar-refractivity contribution in [1.29, 1.82) is 0 Å². The second kappa shape index (κ2) is 6.74. The monoisotopic (exact) mass is 349 g/mol. The Morgan fingerprint density at radius 3 is 2.84 bits per heavy atom. The number of aromatic nitrogens is 2. The van der Waals surface area contributed by atoms with E-state index in [1.54, 1.807) is 0 Å². The van der Waals surface area contributed by atoms with Gasteiger partial charge < -0.3 is 19.9 Å². The van der Waals surface area contributed by atoms with Gasteiger partial charge in [0.25, 0.3) is 0 Å². The van der Waals surface area contributed by atoms with Gasteiger partial charge >= 0.3 is 6.03 Å². The van der Waals surface area contributed by atoms with Crippen molar-refractivity contribution in [2.75, 3.05) is 44.3 Å². The number of ether oxygens (including phenoxy) is 1. The maximum absolute atomic E-state index is 13.1. The SMILES string of the molecule is O=C(NC1CC1)N1CCCC2(COCCN(c3ncc(F)cn3)C2)C1. The highest BCUT2D eigenvalue weighted by Crippen LogP contribution is 2.34. The molecule has 0 bridgehead atoms. The maximum Gasteiger partial charge on any atom is 0.317 e. The van der Waals surface area contributed by atoms with Gasteiger partial charge in [0.2, 0.25) is 5.95 Å². The smallest absolute Gasteiger partial charge is 0.317 e. The van der Waals surface area contributed by atoms with Crippen LogP contribution in [-0.4, -0.2) is 66.3 Å². The van der Waals surface area contributed by atoms with E-state index in [4.69, 9.17) is 4.74 Å². The molecule has 1 spiro atoms. The molecule has 1 atom stereocenters. The summed E-state index contributed by atoms with van der Waals surface area (Å²) in [4.78, 5) is 24.6. The Hall–Kier alpha value is -1.96. The van der Waals surface area contributed by atoms with E-state index in [0.29, 0.717) is 44.8 Å². The lowest BCUT2D eigenvalue weighted by atomic mass is 9.80. The fourth-order valence-electron chi connectivity index (χ4n) is 3.75. The Labute approximate surface area is 146 Å². The summed E-state index contributed by atoms with van der Waals surface area (Å²) in [5, 5.41) is 3.08. The van der Waals surface area contributed by atoms with Crippen molar-refractivity contribution >= 4 is 12.0 Å². The number of nitrogens with one attached hydrogen (secondary N) is 1. The van der Waals surface area contributed by atoms with Crippen LogP contribution in [0.3, 0.4) is 0 Å². The third-order valence-electron chi connectivity index (χ3n) is 5.18. The van der Waals surface area contributed by atoms with Gasteiger partial charge in [0.05, 0.1) is 25.6 Å².